The first-order valence-corrected chi connectivity index (χ1v) is 10.4. The predicted molar refractivity (Wildman–Crippen MR) is 124 cm³/mol. The van der Waals surface area contributed by atoms with E-state index < -0.39 is 4.92 Å². The van der Waals surface area contributed by atoms with Gasteiger partial charge in [0.1, 0.15) is 17.3 Å². The molecule has 0 spiro atoms. The molecule has 0 aliphatic carbocycles. The molecule has 1 amide bonds. The summed E-state index contributed by atoms with van der Waals surface area (Å²) in [4.78, 5) is 25.6. The number of carbonyl (C=O) groups excluding carboxylic acids is 1. The van der Waals surface area contributed by atoms with Gasteiger partial charge in [0.25, 0.3) is 11.6 Å². The molecular formula is C22H16N2O5S2. The Hall–Kier alpha value is -3.43. The van der Waals surface area contributed by atoms with Gasteiger partial charge in [0, 0.05) is 23.3 Å². The monoisotopic (exact) mass is 452 g/mol. The van der Waals surface area contributed by atoms with E-state index in [9.17, 15) is 14.9 Å². The molecule has 7 nitrogen and oxygen atoms in total. The van der Waals surface area contributed by atoms with Crippen molar-refractivity contribution >= 4 is 51.7 Å². The highest BCUT2D eigenvalue weighted by Crippen LogP contribution is 2.40. The highest BCUT2D eigenvalue weighted by atomic mass is 32.2. The van der Waals surface area contributed by atoms with Gasteiger partial charge >= 0.3 is 0 Å². The van der Waals surface area contributed by atoms with Gasteiger partial charge in [-0.15, -0.1) is 0 Å². The van der Waals surface area contributed by atoms with E-state index in [1.807, 2.05) is 6.07 Å². The molecule has 156 valence electrons. The van der Waals surface area contributed by atoms with Crippen LogP contribution in [0, 0.1) is 17.0 Å². The minimum atomic E-state index is -0.425. The van der Waals surface area contributed by atoms with Crippen LogP contribution < -0.4 is 9.64 Å². The number of methoxy groups -OCH3 is 1. The van der Waals surface area contributed by atoms with Gasteiger partial charge in [-0.2, -0.15) is 0 Å². The normalized spacial score (nSPS) is 15.0. The van der Waals surface area contributed by atoms with Crippen molar-refractivity contribution in [3.05, 3.63) is 80.9 Å². The summed E-state index contributed by atoms with van der Waals surface area (Å²) >= 11 is 6.58. The summed E-state index contributed by atoms with van der Waals surface area (Å²) in [7, 11) is 1.53. The van der Waals surface area contributed by atoms with E-state index in [4.69, 9.17) is 21.4 Å². The number of nitro benzene ring substituents is 1. The molecule has 0 N–H and O–H groups in total. The fraction of sp³-hybridized carbons (Fsp3) is 0.0909. The maximum atomic E-state index is 13.0. The summed E-state index contributed by atoms with van der Waals surface area (Å²) in [5.41, 5.74) is 1.72. The van der Waals surface area contributed by atoms with Crippen molar-refractivity contribution < 1.29 is 18.9 Å². The average Bonchev–Trinajstić information content (AvgIpc) is 3.32. The standard InChI is InChI=1S/C22H16N2O5S2/c1-13-15(6-5-8-16(13)24(26)27)18-11-10-14(29-18)12-20-21(25)23(22(30)31-20)17-7-3-4-9-19(17)28-2/h3-12H,1-2H3. The number of hydrogen-bond donors (Lipinski definition) is 0. The van der Waals surface area contributed by atoms with Gasteiger partial charge in [-0.25, -0.2) is 0 Å². The van der Waals surface area contributed by atoms with Crippen molar-refractivity contribution in [3.8, 4) is 17.1 Å². The number of nitro groups is 1. The molecule has 1 aliphatic heterocycles. The van der Waals surface area contributed by atoms with Gasteiger partial charge < -0.3 is 9.15 Å². The van der Waals surface area contributed by atoms with Crippen LogP contribution in [0.1, 0.15) is 11.3 Å². The molecule has 1 fully saturated rings. The van der Waals surface area contributed by atoms with Gasteiger partial charge in [0.15, 0.2) is 4.32 Å². The summed E-state index contributed by atoms with van der Waals surface area (Å²) in [6.45, 7) is 1.67. The van der Waals surface area contributed by atoms with Crippen molar-refractivity contribution in [3.63, 3.8) is 0 Å². The largest absolute Gasteiger partial charge is 0.495 e. The van der Waals surface area contributed by atoms with E-state index in [0.717, 1.165) is 0 Å². The second-order valence-corrected chi connectivity index (χ2v) is 8.27. The lowest BCUT2D eigenvalue weighted by Gasteiger charge is -2.17. The van der Waals surface area contributed by atoms with E-state index in [-0.39, 0.29) is 11.6 Å². The first-order chi connectivity index (χ1) is 14.9. The van der Waals surface area contributed by atoms with Crippen LogP contribution >= 0.6 is 24.0 Å². The Labute approximate surface area is 187 Å². The van der Waals surface area contributed by atoms with E-state index in [2.05, 4.69) is 0 Å². The van der Waals surface area contributed by atoms with Crippen LogP contribution in [0.5, 0.6) is 5.75 Å². The minimum absolute atomic E-state index is 0.0214. The van der Waals surface area contributed by atoms with E-state index >= 15 is 0 Å². The number of amides is 1. The number of nitrogens with zero attached hydrogens (tertiary/aromatic N) is 2. The SMILES string of the molecule is COc1ccccc1N1C(=O)C(=Cc2ccc(-c3cccc([N+](=O)[O-])c3C)o2)SC1=S. The number of rotatable bonds is 5. The molecule has 4 rings (SSSR count). The second kappa shape index (κ2) is 8.37. The Morgan fingerprint density at radius 3 is 2.68 bits per heavy atom. The summed E-state index contributed by atoms with van der Waals surface area (Å²) in [6.07, 6.45) is 1.62. The Balaban J connectivity index is 1.65. The molecule has 9 heteroatoms. The summed E-state index contributed by atoms with van der Waals surface area (Å²) in [5, 5.41) is 11.2. The Morgan fingerprint density at radius 1 is 1.16 bits per heavy atom. The molecule has 0 atom stereocenters. The third kappa shape index (κ3) is 3.85. The molecule has 1 saturated heterocycles. The molecule has 2 heterocycles. The lowest BCUT2D eigenvalue weighted by atomic mass is 10.1. The van der Waals surface area contributed by atoms with Gasteiger partial charge in [0.05, 0.1) is 22.6 Å². The zero-order valence-electron chi connectivity index (χ0n) is 16.5. The van der Waals surface area contributed by atoms with Gasteiger partial charge in [0.2, 0.25) is 0 Å². The van der Waals surface area contributed by atoms with Crippen molar-refractivity contribution in [1.82, 2.24) is 0 Å². The second-order valence-electron chi connectivity index (χ2n) is 6.60. The average molecular weight is 453 g/mol. The lowest BCUT2D eigenvalue weighted by molar-refractivity contribution is -0.385. The van der Waals surface area contributed by atoms with E-state index in [1.54, 1.807) is 55.5 Å². The zero-order chi connectivity index (χ0) is 22.1. The molecule has 0 bridgehead atoms. The Morgan fingerprint density at radius 2 is 1.94 bits per heavy atom. The van der Waals surface area contributed by atoms with Crippen LogP contribution in [0.15, 0.2) is 63.9 Å². The smallest absolute Gasteiger partial charge is 0.273 e. The van der Waals surface area contributed by atoms with Crippen LogP contribution in [-0.2, 0) is 4.79 Å². The maximum Gasteiger partial charge on any atom is 0.273 e. The number of benzene rings is 2. The number of thiocarbonyl (C=S) groups is 1. The molecule has 0 saturated carbocycles. The van der Waals surface area contributed by atoms with Gasteiger partial charge in [-0.05, 0) is 31.2 Å². The van der Waals surface area contributed by atoms with Gasteiger partial charge in [-0.1, -0.05) is 48.2 Å². The minimum Gasteiger partial charge on any atom is -0.495 e. The summed E-state index contributed by atoms with van der Waals surface area (Å²) in [6, 6.07) is 15.4. The number of carbonyl (C=O) groups is 1. The molecule has 3 aromatic rings. The third-order valence-electron chi connectivity index (χ3n) is 4.79. The van der Waals surface area contributed by atoms with Crippen molar-refractivity contribution in [2.24, 2.45) is 0 Å². The number of hydrogen-bond acceptors (Lipinski definition) is 7. The summed E-state index contributed by atoms with van der Waals surface area (Å²) in [5.74, 6) is 1.19. The maximum absolute atomic E-state index is 13.0. The zero-order valence-corrected chi connectivity index (χ0v) is 18.2. The number of thioether (sulfide) groups is 1. The first kappa shape index (κ1) is 20.8. The number of furan rings is 1. The van der Waals surface area contributed by atoms with Crippen molar-refractivity contribution in [2.75, 3.05) is 12.0 Å². The number of ether oxygens (including phenoxy) is 1. The Bertz CT molecular complexity index is 1250. The van der Waals surface area contributed by atoms with Crippen LogP contribution in [-0.4, -0.2) is 22.3 Å². The van der Waals surface area contributed by atoms with Crippen molar-refractivity contribution in [2.45, 2.75) is 6.92 Å². The third-order valence-corrected chi connectivity index (χ3v) is 6.09. The molecule has 1 aliphatic rings. The lowest BCUT2D eigenvalue weighted by Crippen LogP contribution is -2.27. The molecule has 31 heavy (non-hydrogen) atoms. The topological polar surface area (TPSA) is 85.8 Å². The van der Waals surface area contributed by atoms with Crippen LogP contribution in [0.2, 0.25) is 0 Å². The van der Waals surface area contributed by atoms with Gasteiger partial charge in [-0.3, -0.25) is 19.8 Å². The Kier molecular flexibility index (Phi) is 5.62. The fourth-order valence-electron chi connectivity index (χ4n) is 3.28. The number of anilines is 1. The van der Waals surface area contributed by atoms with Crippen LogP contribution in [0.4, 0.5) is 11.4 Å². The quantitative estimate of drug-likeness (QED) is 0.216. The van der Waals surface area contributed by atoms with E-state index in [0.29, 0.717) is 43.3 Å². The first-order valence-electron chi connectivity index (χ1n) is 9.16. The highest BCUT2D eigenvalue weighted by molar-refractivity contribution is 8.27. The predicted octanol–water partition coefficient (Wildman–Crippen LogP) is 5.58. The fourth-order valence-corrected chi connectivity index (χ4v) is 4.55. The van der Waals surface area contributed by atoms with Crippen molar-refractivity contribution in [1.29, 1.82) is 0 Å². The molecule has 2 aromatic carbocycles. The van der Waals surface area contributed by atoms with Crippen LogP contribution in [0.3, 0.4) is 0 Å². The molecule has 0 unspecified atom stereocenters. The van der Waals surface area contributed by atoms with E-state index in [1.165, 1.54) is 29.8 Å². The number of para-hydroxylation sites is 2. The molecule has 1 aromatic heterocycles. The molecule has 0 radical (unpaired) electrons. The highest BCUT2D eigenvalue weighted by Gasteiger charge is 2.35. The summed E-state index contributed by atoms with van der Waals surface area (Å²) < 4.78 is 11.6. The molecular weight excluding hydrogens is 436 g/mol. The van der Waals surface area contributed by atoms with Crippen LogP contribution in [0.25, 0.3) is 17.4 Å².